The van der Waals surface area contributed by atoms with Gasteiger partial charge in [0.25, 0.3) is 5.91 Å². The van der Waals surface area contributed by atoms with Crippen LogP contribution >= 0.6 is 11.6 Å². The summed E-state index contributed by atoms with van der Waals surface area (Å²) >= 11 is 6.14. The number of rotatable bonds is 6. The Morgan fingerprint density at radius 2 is 2.07 bits per heavy atom. The van der Waals surface area contributed by atoms with E-state index >= 15 is 0 Å². The first-order chi connectivity index (χ1) is 13.0. The van der Waals surface area contributed by atoms with Crippen molar-refractivity contribution in [3.05, 3.63) is 28.9 Å². The number of primary amides is 1. The third kappa shape index (κ3) is 4.55. The fourth-order valence-corrected chi connectivity index (χ4v) is 3.28. The number of anilines is 3. The van der Waals surface area contributed by atoms with Gasteiger partial charge in [0.1, 0.15) is 5.75 Å². The summed E-state index contributed by atoms with van der Waals surface area (Å²) in [6.07, 6.45) is 4.08. The van der Waals surface area contributed by atoms with E-state index in [1.54, 1.807) is 18.2 Å². The molecule has 27 heavy (non-hydrogen) atoms. The van der Waals surface area contributed by atoms with Crippen molar-refractivity contribution in [2.24, 2.45) is 11.5 Å². The molecule has 0 bridgehead atoms. The zero-order valence-corrected chi connectivity index (χ0v) is 15.7. The van der Waals surface area contributed by atoms with E-state index < -0.39 is 5.91 Å². The number of carbonyl (C=O) groups is 1. The van der Waals surface area contributed by atoms with Gasteiger partial charge in [0, 0.05) is 17.8 Å². The molecule has 0 aliphatic heterocycles. The second-order valence-electron chi connectivity index (χ2n) is 6.37. The Kier molecular flexibility index (Phi) is 5.92. The summed E-state index contributed by atoms with van der Waals surface area (Å²) in [6, 6.07) is 5.17. The molecule has 1 aliphatic rings. The van der Waals surface area contributed by atoms with Gasteiger partial charge >= 0.3 is 0 Å². The molecule has 6 N–H and O–H groups in total. The molecule has 2 atom stereocenters. The first-order valence-electron chi connectivity index (χ1n) is 8.65. The molecule has 0 radical (unpaired) electrons. The number of hydrogen-bond acceptors (Lipinski definition) is 8. The van der Waals surface area contributed by atoms with Crippen molar-refractivity contribution in [1.82, 2.24) is 15.2 Å². The second kappa shape index (κ2) is 8.36. The highest BCUT2D eigenvalue weighted by Gasteiger charge is 2.23. The van der Waals surface area contributed by atoms with E-state index in [2.05, 4.69) is 25.8 Å². The van der Waals surface area contributed by atoms with Crippen molar-refractivity contribution in [3.63, 3.8) is 0 Å². The Balaban J connectivity index is 1.85. The lowest BCUT2D eigenvalue weighted by Crippen LogP contribution is -2.43. The normalized spacial score (nSPS) is 19.4. The molecule has 1 aromatic carbocycles. The predicted molar refractivity (Wildman–Crippen MR) is 103 cm³/mol. The van der Waals surface area contributed by atoms with Crippen LogP contribution in [0.15, 0.2) is 18.2 Å². The van der Waals surface area contributed by atoms with Crippen molar-refractivity contribution in [1.29, 1.82) is 0 Å². The van der Waals surface area contributed by atoms with Crippen LogP contribution in [0.25, 0.3) is 0 Å². The highest BCUT2D eigenvalue weighted by molar-refractivity contribution is 6.32. The number of nitrogens with zero attached hydrogens (tertiary/aromatic N) is 3. The molecule has 10 heteroatoms. The van der Waals surface area contributed by atoms with Crippen LogP contribution < -0.4 is 26.8 Å². The van der Waals surface area contributed by atoms with Crippen LogP contribution in [0.1, 0.15) is 36.2 Å². The molecule has 1 saturated carbocycles. The molecule has 1 aromatic heterocycles. The molecule has 1 aliphatic carbocycles. The quantitative estimate of drug-likeness (QED) is 0.586. The highest BCUT2D eigenvalue weighted by Crippen LogP contribution is 2.29. The number of hydrogen-bond donors (Lipinski definition) is 4. The lowest BCUT2D eigenvalue weighted by Gasteiger charge is -2.29. The van der Waals surface area contributed by atoms with Crippen LogP contribution in [0.4, 0.5) is 17.5 Å². The largest absolute Gasteiger partial charge is 0.495 e. The third-order valence-electron chi connectivity index (χ3n) is 4.47. The van der Waals surface area contributed by atoms with E-state index in [4.69, 9.17) is 27.8 Å². The maximum atomic E-state index is 11.7. The van der Waals surface area contributed by atoms with Gasteiger partial charge in [-0.15, -0.1) is 10.2 Å². The summed E-state index contributed by atoms with van der Waals surface area (Å²) in [7, 11) is 1.53. The Bertz CT molecular complexity index is 833. The zero-order valence-electron chi connectivity index (χ0n) is 14.9. The van der Waals surface area contributed by atoms with Gasteiger partial charge in [-0.3, -0.25) is 4.79 Å². The number of halogens is 1. The van der Waals surface area contributed by atoms with E-state index in [9.17, 15) is 4.79 Å². The number of benzene rings is 1. The van der Waals surface area contributed by atoms with Crippen molar-refractivity contribution < 1.29 is 9.53 Å². The summed E-state index contributed by atoms with van der Waals surface area (Å²) < 4.78 is 5.13. The first kappa shape index (κ1) is 19.1. The Hall–Kier alpha value is -2.65. The molecule has 2 aromatic rings. The van der Waals surface area contributed by atoms with Crippen LogP contribution in [0, 0.1) is 0 Å². The molecule has 1 amide bonds. The number of nitrogens with two attached hydrogens (primary N) is 2. The molecule has 1 fully saturated rings. The number of methoxy groups -OCH3 is 1. The van der Waals surface area contributed by atoms with Gasteiger partial charge in [-0.05, 0) is 31.0 Å². The zero-order chi connectivity index (χ0) is 19.4. The fourth-order valence-electron chi connectivity index (χ4n) is 3.03. The van der Waals surface area contributed by atoms with Gasteiger partial charge in [0.15, 0.2) is 11.5 Å². The average Bonchev–Trinajstić information content (AvgIpc) is 2.64. The predicted octanol–water partition coefficient (Wildman–Crippen LogP) is 2.06. The van der Waals surface area contributed by atoms with Crippen molar-refractivity contribution >= 4 is 35.0 Å². The third-order valence-corrected chi connectivity index (χ3v) is 4.76. The van der Waals surface area contributed by atoms with Gasteiger partial charge < -0.3 is 26.8 Å². The summed E-state index contributed by atoms with van der Waals surface area (Å²) in [4.78, 5) is 16.0. The number of nitrogens with one attached hydrogen (secondary N) is 2. The van der Waals surface area contributed by atoms with E-state index in [0.717, 1.165) is 25.7 Å². The van der Waals surface area contributed by atoms with Crippen molar-refractivity contribution in [2.75, 3.05) is 17.7 Å². The standard InChI is InChI=1S/C17H22ClN7O2/c1-27-13-7-6-9(8-10(13)18)21-16-14(15(20)26)24-25-17(23-16)22-12-5-3-2-4-11(12)19/h6-8,11-12H,2-5,19H2,1H3,(H2,20,26)(H2,21,22,23,25)/t11-,12+/m0/s1. The summed E-state index contributed by atoms with van der Waals surface area (Å²) in [5, 5.41) is 14.5. The maximum absolute atomic E-state index is 11.7. The van der Waals surface area contributed by atoms with Gasteiger partial charge in [0.05, 0.1) is 12.1 Å². The average molecular weight is 392 g/mol. The van der Waals surface area contributed by atoms with E-state index in [0.29, 0.717) is 16.5 Å². The number of carbonyl (C=O) groups excluding carboxylic acids is 1. The topological polar surface area (TPSA) is 141 Å². The van der Waals surface area contributed by atoms with Gasteiger partial charge in [-0.25, -0.2) is 0 Å². The lowest BCUT2D eigenvalue weighted by atomic mass is 9.91. The molecule has 144 valence electrons. The van der Waals surface area contributed by atoms with Crippen LogP contribution in [0.2, 0.25) is 5.02 Å². The van der Waals surface area contributed by atoms with E-state index in [-0.39, 0.29) is 29.5 Å². The molecule has 1 heterocycles. The maximum Gasteiger partial charge on any atom is 0.273 e. The van der Waals surface area contributed by atoms with Crippen LogP contribution in [0.5, 0.6) is 5.75 Å². The van der Waals surface area contributed by atoms with Gasteiger partial charge in [-0.2, -0.15) is 4.98 Å². The van der Waals surface area contributed by atoms with Crippen LogP contribution in [-0.2, 0) is 0 Å². The Morgan fingerprint density at radius 1 is 1.30 bits per heavy atom. The number of aromatic nitrogens is 3. The van der Waals surface area contributed by atoms with Crippen molar-refractivity contribution in [2.45, 2.75) is 37.8 Å². The second-order valence-corrected chi connectivity index (χ2v) is 6.78. The lowest BCUT2D eigenvalue weighted by molar-refractivity contribution is 0.0995. The molecule has 0 saturated heterocycles. The molecular weight excluding hydrogens is 370 g/mol. The number of amides is 1. The van der Waals surface area contributed by atoms with E-state index in [1.165, 1.54) is 7.11 Å². The van der Waals surface area contributed by atoms with Crippen LogP contribution in [0.3, 0.4) is 0 Å². The minimum absolute atomic E-state index is 0.0231. The molecule has 0 unspecified atom stereocenters. The highest BCUT2D eigenvalue weighted by atomic mass is 35.5. The summed E-state index contributed by atoms with van der Waals surface area (Å²) in [5.74, 6) is 0.264. The smallest absolute Gasteiger partial charge is 0.273 e. The Labute approximate surface area is 161 Å². The first-order valence-corrected chi connectivity index (χ1v) is 9.03. The minimum Gasteiger partial charge on any atom is -0.495 e. The van der Waals surface area contributed by atoms with Gasteiger partial charge in [0.2, 0.25) is 5.95 Å². The molecule has 3 rings (SSSR count). The Morgan fingerprint density at radius 3 is 2.74 bits per heavy atom. The monoisotopic (exact) mass is 391 g/mol. The number of ether oxygens (including phenoxy) is 1. The fraction of sp³-hybridized carbons (Fsp3) is 0.412. The summed E-state index contributed by atoms with van der Waals surface area (Å²) in [6.45, 7) is 0. The van der Waals surface area contributed by atoms with Crippen molar-refractivity contribution in [3.8, 4) is 5.75 Å². The molecule has 0 spiro atoms. The minimum atomic E-state index is -0.738. The van der Waals surface area contributed by atoms with Gasteiger partial charge in [-0.1, -0.05) is 24.4 Å². The molecular formula is C17H22ClN7O2. The van der Waals surface area contributed by atoms with E-state index in [1.807, 2.05) is 0 Å². The van der Waals surface area contributed by atoms with Crippen LogP contribution in [-0.4, -0.2) is 40.3 Å². The SMILES string of the molecule is COc1ccc(Nc2nc(N[C@@H]3CCCC[C@@H]3N)nnc2C(N)=O)cc1Cl. The summed E-state index contributed by atoms with van der Waals surface area (Å²) in [5.41, 5.74) is 12.1. The molecule has 9 nitrogen and oxygen atoms in total.